The summed E-state index contributed by atoms with van der Waals surface area (Å²) in [7, 11) is 1.59. The monoisotopic (exact) mass is 383 g/mol. The van der Waals surface area contributed by atoms with Crippen LogP contribution >= 0.6 is 11.3 Å². The predicted molar refractivity (Wildman–Crippen MR) is 104 cm³/mol. The lowest BCUT2D eigenvalue weighted by Crippen LogP contribution is -2.15. The molecule has 0 fully saturated rings. The van der Waals surface area contributed by atoms with Crippen molar-refractivity contribution in [2.75, 3.05) is 12.4 Å². The lowest BCUT2D eigenvalue weighted by Gasteiger charge is -2.07. The first-order chi connectivity index (χ1) is 13.0. The maximum atomic E-state index is 12.3. The van der Waals surface area contributed by atoms with Crippen LogP contribution in [0, 0.1) is 17.0 Å². The summed E-state index contributed by atoms with van der Waals surface area (Å²) in [6.45, 7) is 1.98. The average molecular weight is 383 g/mol. The van der Waals surface area contributed by atoms with E-state index in [0.717, 1.165) is 11.1 Å². The zero-order chi connectivity index (χ0) is 19.4. The van der Waals surface area contributed by atoms with E-state index in [1.807, 2.05) is 30.5 Å². The van der Waals surface area contributed by atoms with E-state index in [9.17, 15) is 14.9 Å². The molecule has 1 N–H and O–H groups in total. The van der Waals surface area contributed by atoms with Crippen LogP contribution in [0.25, 0.3) is 11.3 Å². The number of carbonyl (C=O) groups excluding carboxylic acids is 1. The van der Waals surface area contributed by atoms with Crippen LogP contribution in [0.5, 0.6) is 5.75 Å². The van der Waals surface area contributed by atoms with Gasteiger partial charge < -0.3 is 10.1 Å². The van der Waals surface area contributed by atoms with Crippen LogP contribution < -0.4 is 10.1 Å². The third-order valence-corrected chi connectivity index (χ3v) is 4.68. The fourth-order valence-electron chi connectivity index (χ4n) is 2.65. The molecule has 0 unspecified atom stereocenters. The van der Waals surface area contributed by atoms with Gasteiger partial charge in [-0.1, -0.05) is 29.8 Å². The molecule has 0 aliphatic carbocycles. The molecule has 3 rings (SSSR count). The van der Waals surface area contributed by atoms with E-state index in [-0.39, 0.29) is 18.0 Å². The highest BCUT2D eigenvalue weighted by Gasteiger charge is 2.17. The SMILES string of the molecule is COc1ccc(C)cc1-c1csc(NC(=O)Cc2ccccc2[N+](=O)[O-])n1. The Kier molecular flexibility index (Phi) is 5.46. The molecule has 0 atom stereocenters. The Morgan fingerprint density at radius 1 is 1.30 bits per heavy atom. The van der Waals surface area contributed by atoms with Crippen molar-refractivity contribution in [1.29, 1.82) is 0 Å². The summed E-state index contributed by atoms with van der Waals surface area (Å²) in [5, 5.41) is 16.0. The molecular formula is C19H17N3O4S. The average Bonchev–Trinajstić information content (AvgIpc) is 3.10. The lowest BCUT2D eigenvalue weighted by atomic mass is 10.1. The second-order valence-corrected chi connectivity index (χ2v) is 6.71. The number of benzene rings is 2. The van der Waals surface area contributed by atoms with Crippen molar-refractivity contribution in [3.05, 3.63) is 69.1 Å². The maximum absolute atomic E-state index is 12.3. The van der Waals surface area contributed by atoms with E-state index in [1.165, 1.54) is 17.4 Å². The summed E-state index contributed by atoms with van der Waals surface area (Å²) in [6.07, 6.45) is -0.0974. The van der Waals surface area contributed by atoms with Gasteiger partial charge >= 0.3 is 0 Å². The van der Waals surface area contributed by atoms with Crippen molar-refractivity contribution >= 4 is 28.1 Å². The molecule has 7 nitrogen and oxygen atoms in total. The molecule has 1 amide bonds. The van der Waals surface area contributed by atoms with Crippen LogP contribution in [0.4, 0.5) is 10.8 Å². The van der Waals surface area contributed by atoms with Crippen molar-refractivity contribution < 1.29 is 14.5 Å². The molecule has 8 heteroatoms. The predicted octanol–water partition coefficient (Wildman–Crippen LogP) is 4.22. The largest absolute Gasteiger partial charge is 0.496 e. The van der Waals surface area contributed by atoms with Crippen LogP contribution in [0.15, 0.2) is 47.8 Å². The van der Waals surface area contributed by atoms with Gasteiger partial charge in [-0.3, -0.25) is 14.9 Å². The molecule has 0 bridgehead atoms. The van der Waals surface area contributed by atoms with Gasteiger partial charge in [-0.15, -0.1) is 11.3 Å². The van der Waals surface area contributed by atoms with Crippen LogP contribution in [0.3, 0.4) is 0 Å². The Morgan fingerprint density at radius 2 is 2.07 bits per heavy atom. The fourth-order valence-corrected chi connectivity index (χ4v) is 3.38. The highest BCUT2D eigenvalue weighted by atomic mass is 32.1. The Balaban J connectivity index is 1.76. The quantitative estimate of drug-likeness (QED) is 0.508. The number of nitro groups is 1. The standard InChI is InChI=1S/C19H17N3O4S/c1-12-7-8-17(26-2)14(9-12)15-11-27-19(20-15)21-18(23)10-13-5-3-4-6-16(13)22(24)25/h3-9,11H,10H2,1-2H3,(H,20,21,23). The summed E-state index contributed by atoms with van der Waals surface area (Å²) >= 11 is 1.29. The lowest BCUT2D eigenvalue weighted by molar-refractivity contribution is -0.385. The van der Waals surface area contributed by atoms with E-state index in [2.05, 4.69) is 10.3 Å². The normalized spacial score (nSPS) is 10.4. The van der Waals surface area contributed by atoms with Gasteiger partial charge in [0.1, 0.15) is 5.75 Å². The molecule has 1 aromatic heterocycles. The molecular weight excluding hydrogens is 366 g/mol. The number of carbonyl (C=O) groups is 1. The summed E-state index contributed by atoms with van der Waals surface area (Å²) < 4.78 is 5.37. The van der Waals surface area contributed by atoms with E-state index in [1.54, 1.807) is 25.3 Å². The third kappa shape index (κ3) is 4.29. The van der Waals surface area contributed by atoms with Crippen LogP contribution in [0.2, 0.25) is 0 Å². The van der Waals surface area contributed by atoms with Gasteiger partial charge in [0, 0.05) is 22.6 Å². The van der Waals surface area contributed by atoms with Crippen molar-refractivity contribution in [2.45, 2.75) is 13.3 Å². The van der Waals surface area contributed by atoms with Gasteiger partial charge in [-0.2, -0.15) is 0 Å². The molecule has 0 aliphatic heterocycles. The number of aromatic nitrogens is 1. The first-order valence-electron chi connectivity index (χ1n) is 8.10. The number of nitrogens with one attached hydrogen (secondary N) is 1. The highest BCUT2D eigenvalue weighted by molar-refractivity contribution is 7.14. The minimum atomic E-state index is -0.492. The molecule has 0 radical (unpaired) electrons. The molecule has 0 saturated heterocycles. The molecule has 27 heavy (non-hydrogen) atoms. The number of rotatable bonds is 6. The second kappa shape index (κ2) is 7.96. The summed E-state index contributed by atoms with van der Waals surface area (Å²) in [5.41, 5.74) is 2.89. The van der Waals surface area contributed by atoms with Crippen molar-refractivity contribution in [3.8, 4) is 17.0 Å². The number of anilines is 1. The third-order valence-electron chi connectivity index (χ3n) is 3.92. The molecule has 2 aromatic carbocycles. The van der Waals surface area contributed by atoms with E-state index in [0.29, 0.717) is 22.1 Å². The number of aryl methyl sites for hydroxylation is 1. The van der Waals surface area contributed by atoms with Crippen LogP contribution in [0.1, 0.15) is 11.1 Å². The van der Waals surface area contributed by atoms with Gasteiger partial charge in [-0.05, 0) is 19.1 Å². The minimum Gasteiger partial charge on any atom is -0.496 e. The van der Waals surface area contributed by atoms with E-state index >= 15 is 0 Å². The molecule has 1 heterocycles. The first kappa shape index (κ1) is 18.5. The Morgan fingerprint density at radius 3 is 2.81 bits per heavy atom. The van der Waals surface area contributed by atoms with Crippen LogP contribution in [-0.4, -0.2) is 22.9 Å². The number of thiazole rings is 1. The smallest absolute Gasteiger partial charge is 0.273 e. The maximum Gasteiger partial charge on any atom is 0.273 e. The van der Waals surface area contributed by atoms with Gasteiger partial charge in [-0.25, -0.2) is 4.98 Å². The highest BCUT2D eigenvalue weighted by Crippen LogP contribution is 2.33. The Bertz CT molecular complexity index is 1000. The summed E-state index contributed by atoms with van der Waals surface area (Å²) in [4.78, 5) is 27.3. The summed E-state index contributed by atoms with van der Waals surface area (Å²) in [6, 6.07) is 12.0. The number of hydrogen-bond donors (Lipinski definition) is 1. The number of para-hydroxylation sites is 1. The first-order valence-corrected chi connectivity index (χ1v) is 8.98. The molecule has 138 valence electrons. The zero-order valence-corrected chi connectivity index (χ0v) is 15.6. The molecule has 0 aliphatic rings. The molecule has 0 saturated carbocycles. The van der Waals surface area contributed by atoms with Gasteiger partial charge in [0.05, 0.1) is 24.1 Å². The Labute approximate surface area is 159 Å². The number of nitrogens with zero attached hydrogens (tertiary/aromatic N) is 2. The topological polar surface area (TPSA) is 94.4 Å². The number of hydrogen-bond acceptors (Lipinski definition) is 6. The Hall–Kier alpha value is -3.26. The van der Waals surface area contributed by atoms with Crippen LogP contribution in [-0.2, 0) is 11.2 Å². The van der Waals surface area contributed by atoms with E-state index < -0.39 is 4.92 Å². The van der Waals surface area contributed by atoms with Gasteiger partial charge in [0.25, 0.3) is 5.69 Å². The fraction of sp³-hybridized carbons (Fsp3) is 0.158. The number of ether oxygens (including phenoxy) is 1. The molecule has 3 aromatic rings. The van der Waals surface area contributed by atoms with Gasteiger partial charge in [0.15, 0.2) is 5.13 Å². The number of nitro benzene ring substituents is 1. The number of amides is 1. The zero-order valence-electron chi connectivity index (χ0n) is 14.8. The summed E-state index contributed by atoms with van der Waals surface area (Å²) in [5.74, 6) is 0.338. The van der Waals surface area contributed by atoms with Crippen molar-refractivity contribution in [3.63, 3.8) is 0 Å². The number of methoxy groups -OCH3 is 1. The molecule has 0 spiro atoms. The van der Waals surface area contributed by atoms with Crippen molar-refractivity contribution in [2.24, 2.45) is 0 Å². The van der Waals surface area contributed by atoms with Gasteiger partial charge in [0.2, 0.25) is 5.91 Å². The minimum absolute atomic E-state index is 0.0722. The van der Waals surface area contributed by atoms with E-state index in [4.69, 9.17) is 4.74 Å². The second-order valence-electron chi connectivity index (χ2n) is 5.85. The van der Waals surface area contributed by atoms with Crippen molar-refractivity contribution in [1.82, 2.24) is 4.98 Å².